The molecule has 1 fully saturated rings. The Balaban J connectivity index is 3.19. The quantitative estimate of drug-likeness (QED) is 0.697. The first-order chi connectivity index (χ1) is 6.85. The summed E-state index contributed by atoms with van der Waals surface area (Å²) in [7, 11) is 0. The van der Waals surface area contributed by atoms with Gasteiger partial charge >= 0.3 is 0 Å². The Morgan fingerprint density at radius 3 is 1.93 bits per heavy atom. The van der Waals surface area contributed by atoms with Crippen LogP contribution in [0, 0.1) is 10.8 Å². The first-order valence-electron chi connectivity index (χ1n) is 5.93. The normalized spacial score (nSPS) is 29.7. The van der Waals surface area contributed by atoms with Crippen molar-refractivity contribution in [3.63, 3.8) is 0 Å². The molecule has 15 heavy (non-hydrogen) atoms. The van der Waals surface area contributed by atoms with Crippen LogP contribution >= 0.6 is 0 Å². The summed E-state index contributed by atoms with van der Waals surface area (Å²) in [5.41, 5.74) is 9.23. The van der Waals surface area contributed by atoms with E-state index in [-0.39, 0.29) is 5.41 Å². The molecule has 0 heterocycles. The summed E-state index contributed by atoms with van der Waals surface area (Å²) in [4.78, 5) is 0. The maximum atomic E-state index is 5.68. The van der Waals surface area contributed by atoms with Crippen molar-refractivity contribution in [3.05, 3.63) is 23.3 Å². The molecule has 1 saturated carbocycles. The number of hydrogen-bond donors (Lipinski definition) is 1. The van der Waals surface area contributed by atoms with Gasteiger partial charge in [-0.1, -0.05) is 39.8 Å². The maximum absolute atomic E-state index is 5.68. The number of allylic oxidation sites excluding steroid dienone is 3. The van der Waals surface area contributed by atoms with E-state index < -0.39 is 0 Å². The highest BCUT2D eigenvalue weighted by Gasteiger charge is 2.38. The van der Waals surface area contributed by atoms with Crippen molar-refractivity contribution < 1.29 is 0 Å². The van der Waals surface area contributed by atoms with Gasteiger partial charge in [0.2, 0.25) is 0 Å². The zero-order valence-electron chi connectivity index (χ0n) is 10.9. The Bertz CT molecular complexity index is 292. The van der Waals surface area contributed by atoms with E-state index >= 15 is 0 Å². The average Bonchev–Trinajstić information content (AvgIpc) is 2.13. The van der Waals surface area contributed by atoms with Crippen molar-refractivity contribution in [2.75, 3.05) is 6.54 Å². The van der Waals surface area contributed by atoms with Crippen molar-refractivity contribution in [1.82, 2.24) is 0 Å². The van der Waals surface area contributed by atoms with Gasteiger partial charge in [0.25, 0.3) is 0 Å². The maximum Gasteiger partial charge on any atom is 0.0112 e. The van der Waals surface area contributed by atoms with Gasteiger partial charge in [-0.3, -0.25) is 0 Å². The van der Waals surface area contributed by atoms with Crippen LogP contribution in [0.2, 0.25) is 0 Å². The predicted molar refractivity (Wildman–Crippen MR) is 67.7 cm³/mol. The molecule has 1 rings (SSSR count). The molecule has 0 aromatic heterocycles. The molecule has 0 spiro atoms. The van der Waals surface area contributed by atoms with Crippen molar-refractivity contribution in [1.29, 1.82) is 0 Å². The Morgan fingerprint density at radius 1 is 1.07 bits per heavy atom. The number of nitrogens with two attached hydrogens (primary N) is 1. The van der Waals surface area contributed by atoms with Crippen LogP contribution in [0.5, 0.6) is 0 Å². The summed E-state index contributed by atoms with van der Waals surface area (Å²) in [5, 5.41) is 0. The summed E-state index contributed by atoms with van der Waals surface area (Å²) < 4.78 is 0. The number of hydrogen-bond acceptors (Lipinski definition) is 1. The summed E-state index contributed by atoms with van der Waals surface area (Å²) in [5.74, 6) is 0. The summed E-state index contributed by atoms with van der Waals surface area (Å²) in [6.07, 6.45) is 6.99. The van der Waals surface area contributed by atoms with Crippen LogP contribution in [-0.2, 0) is 0 Å². The first kappa shape index (κ1) is 12.5. The van der Waals surface area contributed by atoms with E-state index in [9.17, 15) is 0 Å². The van der Waals surface area contributed by atoms with Gasteiger partial charge in [0.1, 0.15) is 0 Å². The molecule has 1 nitrogen and oxygen atoms in total. The Morgan fingerprint density at radius 2 is 1.53 bits per heavy atom. The minimum absolute atomic E-state index is 0.288. The van der Waals surface area contributed by atoms with Gasteiger partial charge in [0.15, 0.2) is 0 Å². The van der Waals surface area contributed by atoms with E-state index in [0.717, 1.165) is 0 Å². The second-order valence-electron chi connectivity index (χ2n) is 5.82. The van der Waals surface area contributed by atoms with Gasteiger partial charge in [0.05, 0.1) is 0 Å². The van der Waals surface area contributed by atoms with Crippen LogP contribution in [0.15, 0.2) is 23.3 Å². The number of rotatable bonds is 1. The second kappa shape index (κ2) is 4.13. The van der Waals surface area contributed by atoms with Gasteiger partial charge in [0, 0.05) is 6.54 Å². The molecular formula is C14H25N. The summed E-state index contributed by atoms with van der Waals surface area (Å²) >= 11 is 0. The Labute approximate surface area is 94.4 Å². The van der Waals surface area contributed by atoms with Crippen LogP contribution in [0.3, 0.4) is 0 Å². The largest absolute Gasteiger partial charge is 0.327 e. The first-order valence-corrected chi connectivity index (χ1v) is 5.93. The lowest BCUT2D eigenvalue weighted by molar-refractivity contribution is 0.259. The molecule has 0 aliphatic heterocycles. The second-order valence-corrected chi connectivity index (χ2v) is 5.82. The van der Waals surface area contributed by atoms with E-state index in [1.54, 1.807) is 0 Å². The van der Waals surface area contributed by atoms with Crippen LogP contribution in [-0.4, -0.2) is 6.54 Å². The monoisotopic (exact) mass is 207 g/mol. The molecule has 0 aromatic carbocycles. The molecule has 0 atom stereocenters. The highest BCUT2D eigenvalue weighted by Crippen LogP contribution is 2.51. The van der Waals surface area contributed by atoms with E-state index in [2.05, 4.69) is 46.8 Å². The van der Waals surface area contributed by atoms with E-state index in [1.165, 1.54) is 24.0 Å². The fraction of sp³-hybridized carbons (Fsp3) is 0.714. The highest BCUT2D eigenvalue weighted by molar-refractivity contribution is 5.42. The average molecular weight is 207 g/mol. The smallest absolute Gasteiger partial charge is 0.0112 e. The minimum atomic E-state index is 0.288. The van der Waals surface area contributed by atoms with Gasteiger partial charge in [-0.2, -0.15) is 0 Å². The van der Waals surface area contributed by atoms with E-state index in [1.807, 2.05) is 0 Å². The van der Waals surface area contributed by atoms with Crippen molar-refractivity contribution in [2.45, 2.75) is 47.5 Å². The zero-order valence-corrected chi connectivity index (χ0v) is 10.9. The fourth-order valence-corrected chi connectivity index (χ4v) is 2.67. The fourth-order valence-electron chi connectivity index (χ4n) is 2.67. The van der Waals surface area contributed by atoms with Crippen LogP contribution in [0.1, 0.15) is 47.5 Å². The van der Waals surface area contributed by atoms with E-state index in [0.29, 0.717) is 12.0 Å². The van der Waals surface area contributed by atoms with Crippen molar-refractivity contribution in [3.8, 4) is 0 Å². The third-order valence-corrected chi connectivity index (χ3v) is 3.73. The van der Waals surface area contributed by atoms with Gasteiger partial charge < -0.3 is 5.73 Å². The van der Waals surface area contributed by atoms with Crippen molar-refractivity contribution >= 4 is 0 Å². The predicted octanol–water partition coefficient (Wildman–Crippen LogP) is 3.66. The SMILES string of the molecule is C/C=C1\C(=C/CN)C(C)(C)CCC1(C)C. The third kappa shape index (κ3) is 2.34. The molecule has 1 aliphatic rings. The van der Waals surface area contributed by atoms with Crippen molar-refractivity contribution in [2.24, 2.45) is 16.6 Å². The lowest BCUT2D eigenvalue weighted by Gasteiger charge is -2.44. The molecule has 0 bridgehead atoms. The molecule has 0 amide bonds. The van der Waals surface area contributed by atoms with Gasteiger partial charge in [-0.05, 0) is 41.7 Å². The van der Waals surface area contributed by atoms with Crippen LogP contribution in [0.4, 0.5) is 0 Å². The van der Waals surface area contributed by atoms with Gasteiger partial charge in [-0.15, -0.1) is 0 Å². The third-order valence-electron chi connectivity index (χ3n) is 3.73. The lowest BCUT2D eigenvalue weighted by atomic mass is 9.60. The topological polar surface area (TPSA) is 26.0 Å². The summed E-state index contributed by atoms with van der Waals surface area (Å²) in [6, 6.07) is 0. The molecular weight excluding hydrogens is 182 g/mol. The molecule has 1 aliphatic carbocycles. The molecule has 0 aromatic rings. The van der Waals surface area contributed by atoms with Gasteiger partial charge in [-0.25, -0.2) is 0 Å². The van der Waals surface area contributed by atoms with Crippen LogP contribution < -0.4 is 5.73 Å². The lowest BCUT2D eigenvalue weighted by Crippen LogP contribution is -2.32. The molecule has 1 heteroatoms. The highest BCUT2D eigenvalue weighted by atomic mass is 14.5. The molecule has 0 saturated heterocycles. The Hall–Kier alpha value is -0.560. The molecule has 2 N–H and O–H groups in total. The standard InChI is InChI=1S/C14H25N/c1-6-11-12(7-10-15)14(4,5)9-8-13(11,2)3/h6-7H,8-10,15H2,1-5H3/b11-6+,12-7+. The molecule has 0 unspecified atom stereocenters. The summed E-state index contributed by atoms with van der Waals surface area (Å²) in [6.45, 7) is 12.1. The molecule has 0 radical (unpaired) electrons. The Kier molecular flexibility index (Phi) is 3.44. The minimum Gasteiger partial charge on any atom is -0.327 e. The zero-order chi connectivity index (χ0) is 11.7. The molecule has 86 valence electrons. The van der Waals surface area contributed by atoms with E-state index in [4.69, 9.17) is 5.73 Å². The van der Waals surface area contributed by atoms with Crippen LogP contribution in [0.25, 0.3) is 0 Å².